The van der Waals surface area contributed by atoms with Crippen molar-refractivity contribution in [1.29, 1.82) is 0 Å². The standard InChI is InChI=1S/C26H31Cl2N3O5/c27-18-1-3-23-17(11-18)13-26(36-23)6-9-30(10-7-26)14-21(33)16-35-24-4-2-19(28)12-22(24)29-25(34)31-8-5-20(32)15-31/h1-4,11-12,20-21,32-33H,5-10,13-16H2,(H,29,34)/t20-,21-/m0/s1. The molecule has 2 aromatic rings. The summed E-state index contributed by atoms with van der Waals surface area (Å²) < 4.78 is 12.2. The number of halogens is 2. The zero-order chi connectivity index (χ0) is 25.3. The Balaban J connectivity index is 1.11. The third kappa shape index (κ3) is 5.84. The molecule has 8 nitrogen and oxygen atoms in total. The summed E-state index contributed by atoms with van der Waals surface area (Å²) in [4.78, 5) is 16.3. The minimum absolute atomic E-state index is 0.0784. The Morgan fingerprint density at radius 3 is 2.67 bits per heavy atom. The lowest BCUT2D eigenvalue weighted by Gasteiger charge is -2.39. The van der Waals surface area contributed by atoms with Gasteiger partial charge in [-0.1, -0.05) is 23.2 Å². The van der Waals surface area contributed by atoms with E-state index in [4.69, 9.17) is 32.7 Å². The molecule has 0 radical (unpaired) electrons. The number of nitrogens with zero attached hydrogens (tertiary/aromatic N) is 2. The first-order valence-corrected chi connectivity index (χ1v) is 13.1. The summed E-state index contributed by atoms with van der Waals surface area (Å²) in [6, 6.07) is 10.4. The van der Waals surface area contributed by atoms with Crippen LogP contribution in [0.4, 0.5) is 10.5 Å². The minimum atomic E-state index is -0.701. The van der Waals surface area contributed by atoms with Crippen LogP contribution >= 0.6 is 23.2 Å². The van der Waals surface area contributed by atoms with Crippen molar-refractivity contribution >= 4 is 34.9 Å². The lowest BCUT2D eigenvalue weighted by atomic mass is 9.87. The molecule has 36 heavy (non-hydrogen) atoms. The number of benzene rings is 2. The number of rotatable bonds is 6. The summed E-state index contributed by atoms with van der Waals surface area (Å²) in [5.74, 6) is 1.35. The lowest BCUT2D eigenvalue weighted by molar-refractivity contribution is -0.00191. The molecule has 3 aliphatic heterocycles. The van der Waals surface area contributed by atoms with Crippen LogP contribution in [-0.2, 0) is 6.42 Å². The number of carbonyl (C=O) groups is 1. The van der Waals surface area contributed by atoms with Gasteiger partial charge in [0.25, 0.3) is 0 Å². The van der Waals surface area contributed by atoms with Crippen molar-refractivity contribution in [3.63, 3.8) is 0 Å². The zero-order valence-electron chi connectivity index (χ0n) is 20.0. The molecule has 0 saturated carbocycles. The van der Waals surface area contributed by atoms with E-state index >= 15 is 0 Å². The summed E-state index contributed by atoms with van der Waals surface area (Å²) in [6.45, 7) is 2.99. The third-order valence-corrected chi connectivity index (χ3v) is 7.63. The first-order valence-electron chi connectivity index (χ1n) is 12.3. The SMILES string of the molecule is O=C(Nc1cc(Cl)ccc1OC[C@@H](O)CN1CCC2(CC1)Cc1cc(Cl)ccc1O2)N1CC[C@H](O)C1. The number of nitrogens with one attached hydrogen (secondary N) is 1. The van der Waals surface area contributed by atoms with Gasteiger partial charge in [0.2, 0.25) is 0 Å². The van der Waals surface area contributed by atoms with E-state index in [1.54, 1.807) is 23.1 Å². The molecule has 1 spiro atoms. The molecular weight excluding hydrogens is 505 g/mol. The molecule has 0 unspecified atom stereocenters. The molecule has 2 amide bonds. The van der Waals surface area contributed by atoms with E-state index in [1.807, 2.05) is 18.2 Å². The Morgan fingerprint density at radius 1 is 1.17 bits per heavy atom. The van der Waals surface area contributed by atoms with Crippen molar-refractivity contribution in [2.45, 2.75) is 43.5 Å². The van der Waals surface area contributed by atoms with Crippen molar-refractivity contribution in [3.8, 4) is 11.5 Å². The highest BCUT2D eigenvalue weighted by molar-refractivity contribution is 6.31. The first-order chi connectivity index (χ1) is 17.3. The highest BCUT2D eigenvalue weighted by atomic mass is 35.5. The molecule has 2 saturated heterocycles. The Morgan fingerprint density at radius 2 is 1.92 bits per heavy atom. The molecular formula is C26H31Cl2N3O5. The second kappa shape index (κ2) is 10.6. The number of fused-ring (bicyclic) bond motifs is 1. The van der Waals surface area contributed by atoms with E-state index in [1.165, 1.54) is 0 Å². The third-order valence-electron chi connectivity index (χ3n) is 7.16. The Hall–Kier alpha value is -2.23. The molecule has 2 aromatic carbocycles. The van der Waals surface area contributed by atoms with Gasteiger partial charge in [-0.15, -0.1) is 0 Å². The van der Waals surface area contributed by atoms with Crippen LogP contribution in [0, 0.1) is 0 Å². The number of piperidine rings is 1. The molecule has 2 atom stereocenters. The van der Waals surface area contributed by atoms with Gasteiger partial charge in [-0.3, -0.25) is 0 Å². The highest BCUT2D eigenvalue weighted by Gasteiger charge is 2.42. The number of urea groups is 1. The summed E-state index contributed by atoms with van der Waals surface area (Å²) >= 11 is 12.3. The highest BCUT2D eigenvalue weighted by Crippen LogP contribution is 2.42. The molecule has 0 bridgehead atoms. The lowest BCUT2D eigenvalue weighted by Crippen LogP contribution is -2.49. The van der Waals surface area contributed by atoms with Gasteiger partial charge in [-0.25, -0.2) is 4.79 Å². The number of amides is 2. The fourth-order valence-electron chi connectivity index (χ4n) is 5.21. The van der Waals surface area contributed by atoms with Crippen molar-refractivity contribution in [3.05, 3.63) is 52.0 Å². The Bertz CT molecular complexity index is 1110. The average molecular weight is 536 g/mol. The van der Waals surface area contributed by atoms with Gasteiger partial charge < -0.3 is 34.8 Å². The van der Waals surface area contributed by atoms with Gasteiger partial charge in [-0.05, 0) is 48.4 Å². The number of aliphatic hydroxyl groups excluding tert-OH is 2. The van der Waals surface area contributed by atoms with Crippen LogP contribution in [0.2, 0.25) is 10.0 Å². The number of β-amino-alcohol motifs (C(OH)–C–C–N with tert-alkyl or cyclic N) is 2. The minimum Gasteiger partial charge on any atom is -0.489 e. The Kier molecular flexibility index (Phi) is 7.51. The first kappa shape index (κ1) is 25.4. The van der Waals surface area contributed by atoms with E-state index in [0.29, 0.717) is 42.5 Å². The number of aliphatic hydroxyl groups is 2. The summed E-state index contributed by atoms with van der Waals surface area (Å²) in [5.41, 5.74) is 1.41. The van der Waals surface area contributed by atoms with Gasteiger partial charge in [0.05, 0.1) is 11.8 Å². The molecule has 194 valence electrons. The second-order valence-corrected chi connectivity index (χ2v) is 10.8. The fourth-order valence-corrected chi connectivity index (χ4v) is 5.57. The van der Waals surface area contributed by atoms with Gasteiger partial charge in [0, 0.05) is 62.0 Å². The maximum absolute atomic E-state index is 12.6. The van der Waals surface area contributed by atoms with Crippen molar-refractivity contribution < 1.29 is 24.5 Å². The van der Waals surface area contributed by atoms with E-state index < -0.39 is 12.2 Å². The maximum Gasteiger partial charge on any atom is 0.322 e. The number of likely N-dealkylation sites (tertiary alicyclic amines) is 2. The Labute approximate surface area is 220 Å². The largest absolute Gasteiger partial charge is 0.489 e. The van der Waals surface area contributed by atoms with E-state index in [9.17, 15) is 15.0 Å². The molecule has 2 fully saturated rings. The predicted octanol–water partition coefficient (Wildman–Crippen LogP) is 3.80. The summed E-state index contributed by atoms with van der Waals surface area (Å²) in [7, 11) is 0. The fraction of sp³-hybridized carbons (Fsp3) is 0.500. The van der Waals surface area contributed by atoms with E-state index in [-0.39, 0.29) is 18.2 Å². The van der Waals surface area contributed by atoms with Crippen molar-refractivity contribution in [1.82, 2.24) is 9.80 Å². The number of anilines is 1. The molecule has 3 N–H and O–H groups in total. The molecule has 3 aliphatic rings. The monoisotopic (exact) mass is 535 g/mol. The van der Waals surface area contributed by atoms with Crippen LogP contribution in [0.15, 0.2) is 36.4 Å². The molecule has 10 heteroatoms. The number of ether oxygens (including phenoxy) is 2. The average Bonchev–Trinajstić information content (AvgIpc) is 3.43. The predicted molar refractivity (Wildman–Crippen MR) is 138 cm³/mol. The van der Waals surface area contributed by atoms with Crippen LogP contribution in [0.5, 0.6) is 11.5 Å². The maximum atomic E-state index is 12.6. The van der Waals surface area contributed by atoms with E-state index in [0.717, 1.165) is 48.7 Å². The molecule has 5 rings (SSSR count). The topological polar surface area (TPSA) is 94.5 Å². The smallest absolute Gasteiger partial charge is 0.322 e. The van der Waals surface area contributed by atoms with Crippen LogP contribution in [-0.4, -0.2) is 83.2 Å². The van der Waals surface area contributed by atoms with Gasteiger partial charge in [0.1, 0.15) is 29.8 Å². The van der Waals surface area contributed by atoms with Crippen LogP contribution in [0.3, 0.4) is 0 Å². The second-order valence-electron chi connectivity index (χ2n) is 9.94. The summed E-state index contributed by atoms with van der Waals surface area (Å²) in [5, 5.41) is 24.4. The number of carbonyl (C=O) groups excluding carboxylic acids is 1. The normalized spacial score (nSPS) is 21.8. The van der Waals surface area contributed by atoms with Gasteiger partial charge in [0.15, 0.2) is 0 Å². The van der Waals surface area contributed by atoms with Gasteiger partial charge >= 0.3 is 6.03 Å². The van der Waals surface area contributed by atoms with E-state index in [2.05, 4.69) is 10.2 Å². The molecule has 0 aliphatic carbocycles. The van der Waals surface area contributed by atoms with Crippen molar-refractivity contribution in [2.24, 2.45) is 0 Å². The number of hydrogen-bond donors (Lipinski definition) is 3. The molecule has 0 aromatic heterocycles. The van der Waals surface area contributed by atoms with Crippen molar-refractivity contribution in [2.75, 3.05) is 44.6 Å². The zero-order valence-corrected chi connectivity index (χ0v) is 21.5. The van der Waals surface area contributed by atoms with Crippen LogP contribution in [0.1, 0.15) is 24.8 Å². The molecule has 3 heterocycles. The quantitative estimate of drug-likeness (QED) is 0.520. The van der Waals surface area contributed by atoms with Crippen LogP contribution < -0.4 is 14.8 Å². The van der Waals surface area contributed by atoms with Gasteiger partial charge in [-0.2, -0.15) is 0 Å². The summed E-state index contributed by atoms with van der Waals surface area (Å²) in [6.07, 6.45) is 1.98. The van der Waals surface area contributed by atoms with Crippen LogP contribution in [0.25, 0.3) is 0 Å². The number of hydrogen-bond acceptors (Lipinski definition) is 6.